The average molecular weight is 529 g/mol. The van der Waals surface area contributed by atoms with Crippen molar-refractivity contribution in [2.45, 2.75) is 81.6 Å². The van der Waals surface area contributed by atoms with Crippen molar-refractivity contribution in [3.05, 3.63) is 11.8 Å². The van der Waals surface area contributed by atoms with Gasteiger partial charge in [-0.3, -0.25) is 4.79 Å². The molecule has 16 heteroatoms. The molecule has 0 radical (unpaired) electrons. The zero-order chi connectivity index (χ0) is 27.6. The van der Waals surface area contributed by atoms with Crippen LogP contribution in [0.5, 0.6) is 0 Å². The molecule has 36 heavy (non-hydrogen) atoms. The summed E-state index contributed by atoms with van der Waals surface area (Å²) in [5.41, 5.74) is 5.97. The number of carbonyl (C=O) groups is 4. The molecule has 13 nitrogen and oxygen atoms in total. The Balaban J connectivity index is 0.000000809. The molecule has 1 saturated carbocycles. The molecule has 1 fully saturated rings. The van der Waals surface area contributed by atoms with Gasteiger partial charge in [0.2, 0.25) is 11.7 Å². The molecule has 2 aliphatic rings. The van der Waals surface area contributed by atoms with E-state index in [0.29, 0.717) is 0 Å². The smallest absolute Gasteiger partial charge is 0.477 e. The maximum absolute atomic E-state index is 12.4. The van der Waals surface area contributed by atoms with Gasteiger partial charge in [-0.2, -0.15) is 13.2 Å². The summed E-state index contributed by atoms with van der Waals surface area (Å²) in [5, 5.41) is 41.3. The van der Waals surface area contributed by atoms with Crippen molar-refractivity contribution in [1.82, 2.24) is 10.6 Å². The Bertz CT molecular complexity index is 817. The predicted molar refractivity (Wildman–Crippen MR) is 113 cm³/mol. The van der Waals surface area contributed by atoms with Gasteiger partial charge in [0.05, 0.1) is 18.7 Å². The first-order valence-electron chi connectivity index (χ1n) is 10.9. The molecule has 8 N–H and O–H groups in total. The highest BCUT2D eigenvalue weighted by atomic mass is 19.4. The highest BCUT2D eigenvalue weighted by Gasteiger charge is 2.45. The summed E-state index contributed by atoms with van der Waals surface area (Å²) in [6.45, 7) is 0.448. The molecule has 206 valence electrons. The van der Waals surface area contributed by atoms with Crippen molar-refractivity contribution in [3.8, 4) is 0 Å². The fourth-order valence-electron chi connectivity index (χ4n) is 3.60. The van der Waals surface area contributed by atoms with Gasteiger partial charge >= 0.3 is 24.2 Å². The number of hydrogen-bond acceptors (Lipinski definition) is 9. The lowest BCUT2D eigenvalue weighted by atomic mass is 9.92. The minimum Gasteiger partial charge on any atom is -0.477 e. The maximum atomic E-state index is 12.4. The number of carboxylic acid groups (broad SMARTS) is 2. The van der Waals surface area contributed by atoms with E-state index in [2.05, 4.69) is 10.6 Å². The fourth-order valence-corrected chi connectivity index (χ4v) is 3.60. The molecule has 2 unspecified atom stereocenters. The first kappa shape index (κ1) is 30.9. The summed E-state index contributed by atoms with van der Waals surface area (Å²) in [6.07, 6.45) is -4.55. The van der Waals surface area contributed by atoms with E-state index in [1.807, 2.05) is 0 Å². The molecule has 1 heterocycles. The van der Waals surface area contributed by atoms with Gasteiger partial charge in [-0.15, -0.1) is 0 Å². The topological polar surface area (TPSA) is 218 Å². The van der Waals surface area contributed by atoms with Crippen molar-refractivity contribution < 1.29 is 62.2 Å². The molecule has 5 atom stereocenters. The number of alkyl carbamates (subject to hydrolysis) is 1. The van der Waals surface area contributed by atoms with Crippen LogP contribution in [-0.2, 0) is 23.9 Å². The van der Waals surface area contributed by atoms with Crippen molar-refractivity contribution in [2.24, 2.45) is 5.73 Å². The number of carbonyl (C=O) groups excluding carboxylic acids is 2. The summed E-state index contributed by atoms with van der Waals surface area (Å²) in [5.74, 6) is -5.14. The van der Waals surface area contributed by atoms with Crippen LogP contribution in [0.2, 0.25) is 0 Å². The minimum absolute atomic E-state index is 0.0710. The van der Waals surface area contributed by atoms with Crippen LogP contribution in [0.25, 0.3) is 0 Å². The standard InChI is InChI=1S/C18H29N3O8.C2HF3O2/c1-9(23)20-14-11(19)7-13(17(25)26)28-16(14)15(12(24)8-22)29-18(27)21-10-5-3-2-4-6-10;3-2(4,5)1(6)7/h7,10-12,14-16,22,24H,2-6,8,19H2,1H3,(H,20,23)(H,21,27)(H,25,26);(H,6,7)/t11-,12?,14+,15?,16+;/m0./s1. The highest BCUT2D eigenvalue weighted by Crippen LogP contribution is 2.25. The number of alkyl halides is 3. The Morgan fingerprint density at radius 1 is 1.17 bits per heavy atom. The van der Waals surface area contributed by atoms with Gasteiger partial charge in [0, 0.05) is 13.0 Å². The largest absolute Gasteiger partial charge is 0.490 e. The van der Waals surface area contributed by atoms with E-state index in [1.165, 1.54) is 6.92 Å². The van der Waals surface area contributed by atoms with Gasteiger partial charge < -0.3 is 46.3 Å². The average Bonchev–Trinajstić information content (AvgIpc) is 2.78. The van der Waals surface area contributed by atoms with Gasteiger partial charge in [-0.1, -0.05) is 19.3 Å². The van der Waals surface area contributed by atoms with Crippen molar-refractivity contribution >= 4 is 23.9 Å². The fraction of sp³-hybridized carbons (Fsp3) is 0.700. The van der Waals surface area contributed by atoms with E-state index in [-0.39, 0.29) is 6.04 Å². The van der Waals surface area contributed by atoms with E-state index >= 15 is 0 Å². The van der Waals surface area contributed by atoms with Gasteiger partial charge in [-0.05, 0) is 18.9 Å². The van der Waals surface area contributed by atoms with Crippen LogP contribution < -0.4 is 16.4 Å². The van der Waals surface area contributed by atoms with Crippen LogP contribution in [-0.4, -0.2) is 93.6 Å². The van der Waals surface area contributed by atoms with E-state index in [4.69, 9.17) is 25.1 Å². The zero-order valence-corrected chi connectivity index (χ0v) is 19.2. The number of aliphatic hydroxyl groups excluding tert-OH is 2. The number of nitrogens with two attached hydrogens (primary N) is 1. The lowest BCUT2D eigenvalue weighted by molar-refractivity contribution is -0.192. The van der Waals surface area contributed by atoms with Crippen LogP contribution in [0, 0.1) is 0 Å². The van der Waals surface area contributed by atoms with Crippen LogP contribution >= 0.6 is 0 Å². The number of hydrogen-bond donors (Lipinski definition) is 7. The number of halogens is 3. The predicted octanol–water partition coefficient (Wildman–Crippen LogP) is -0.400. The highest BCUT2D eigenvalue weighted by molar-refractivity contribution is 5.84. The van der Waals surface area contributed by atoms with Gasteiger partial charge in [0.25, 0.3) is 0 Å². The zero-order valence-electron chi connectivity index (χ0n) is 19.2. The Morgan fingerprint density at radius 2 is 1.72 bits per heavy atom. The number of ether oxygens (including phenoxy) is 2. The molecule has 1 aliphatic carbocycles. The second-order valence-electron chi connectivity index (χ2n) is 8.12. The number of nitrogens with one attached hydrogen (secondary N) is 2. The lowest BCUT2D eigenvalue weighted by Gasteiger charge is -2.40. The van der Waals surface area contributed by atoms with E-state index in [1.54, 1.807) is 0 Å². The molecule has 0 aromatic carbocycles. The third-order valence-corrected chi connectivity index (χ3v) is 5.26. The van der Waals surface area contributed by atoms with Crippen LogP contribution in [0.4, 0.5) is 18.0 Å². The van der Waals surface area contributed by atoms with Crippen molar-refractivity contribution in [2.75, 3.05) is 6.61 Å². The minimum atomic E-state index is -5.08. The number of carboxylic acids is 2. The van der Waals surface area contributed by atoms with Crippen molar-refractivity contribution in [3.63, 3.8) is 0 Å². The molecule has 2 rings (SSSR count). The van der Waals surface area contributed by atoms with Crippen molar-refractivity contribution in [1.29, 1.82) is 0 Å². The Labute approximate surface area is 203 Å². The molecular formula is C20H30F3N3O10. The molecule has 0 spiro atoms. The summed E-state index contributed by atoms with van der Waals surface area (Å²) in [6, 6.07) is -2.05. The summed E-state index contributed by atoms with van der Waals surface area (Å²) >= 11 is 0. The van der Waals surface area contributed by atoms with Gasteiger partial charge in [0.15, 0.2) is 12.2 Å². The monoisotopic (exact) mass is 529 g/mol. The Morgan fingerprint density at radius 3 is 2.17 bits per heavy atom. The Kier molecular flexibility index (Phi) is 11.9. The van der Waals surface area contributed by atoms with E-state index < -0.39 is 72.9 Å². The molecule has 1 aliphatic heterocycles. The van der Waals surface area contributed by atoms with E-state index in [0.717, 1.165) is 38.2 Å². The van der Waals surface area contributed by atoms with Crippen LogP contribution in [0.15, 0.2) is 11.8 Å². The number of amides is 2. The quantitative estimate of drug-likeness (QED) is 0.225. The molecule has 0 aromatic heterocycles. The maximum Gasteiger partial charge on any atom is 0.490 e. The number of aliphatic hydroxyl groups is 2. The summed E-state index contributed by atoms with van der Waals surface area (Å²) in [4.78, 5) is 44.2. The second-order valence-corrected chi connectivity index (χ2v) is 8.12. The molecule has 0 bridgehead atoms. The molecule has 0 saturated heterocycles. The Hall–Kier alpha value is -3.11. The normalized spacial score (nSPS) is 24.0. The van der Waals surface area contributed by atoms with Crippen LogP contribution in [0.1, 0.15) is 39.0 Å². The third kappa shape index (κ3) is 9.87. The van der Waals surface area contributed by atoms with Crippen LogP contribution in [0.3, 0.4) is 0 Å². The first-order chi connectivity index (χ1) is 16.7. The third-order valence-electron chi connectivity index (χ3n) is 5.26. The molecular weight excluding hydrogens is 499 g/mol. The van der Waals surface area contributed by atoms with E-state index in [9.17, 15) is 42.9 Å². The summed E-state index contributed by atoms with van der Waals surface area (Å²) < 4.78 is 42.5. The van der Waals surface area contributed by atoms with Gasteiger partial charge in [0.1, 0.15) is 6.10 Å². The van der Waals surface area contributed by atoms with Gasteiger partial charge in [-0.25, -0.2) is 14.4 Å². The first-order valence-corrected chi connectivity index (χ1v) is 10.9. The molecule has 0 aromatic rings. The summed E-state index contributed by atoms with van der Waals surface area (Å²) in [7, 11) is 0. The lowest BCUT2D eigenvalue weighted by Crippen LogP contribution is -2.63. The molecule has 2 amide bonds. The number of rotatable bonds is 7. The SMILES string of the molecule is CC(=O)N[C@@H]1[C@@H](N)C=C(C(=O)O)O[C@H]1C(OC(=O)NC1CCCCC1)C(O)CO.O=C(O)C(F)(F)F. The number of aliphatic carboxylic acids is 2. The second kappa shape index (κ2) is 13.8.